The van der Waals surface area contributed by atoms with Crippen LogP contribution >= 0.6 is 23.2 Å². The van der Waals surface area contributed by atoms with Gasteiger partial charge in [0.15, 0.2) is 5.75 Å². The monoisotopic (exact) mass is 380 g/mol. The summed E-state index contributed by atoms with van der Waals surface area (Å²) in [5, 5.41) is 4.73. The molecule has 1 aromatic carbocycles. The van der Waals surface area contributed by atoms with Gasteiger partial charge in [0.2, 0.25) is 5.90 Å². The predicted octanol–water partition coefficient (Wildman–Crippen LogP) is 4.63. The number of rotatable bonds is 7. The summed E-state index contributed by atoms with van der Waals surface area (Å²) in [5.74, 6) is 1.90. The van der Waals surface area contributed by atoms with Gasteiger partial charge in [0.05, 0.1) is 22.3 Å². The lowest BCUT2D eigenvalue weighted by molar-refractivity contribution is 0.348. The average Bonchev–Trinajstić information content (AvgIpc) is 3.24. The molecule has 0 atom stereocenters. The molecule has 0 N–H and O–H groups in total. The second-order valence-electron chi connectivity index (χ2n) is 5.56. The highest BCUT2D eigenvalue weighted by molar-refractivity contribution is 6.37. The first-order valence-electron chi connectivity index (χ1n) is 8.00. The number of aliphatic imine (C=N–C) groups is 1. The molecule has 132 valence electrons. The molecule has 0 saturated carbocycles. The van der Waals surface area contributed by atoms with Crippen LogP contribution in [0, 0.1) is 6.92 Å². The van der Waals surface area contributed by atoms with Crippen LogP contribution in [0.4, 0.5) is 0 Å². The van der Waals surface area contributed by atoms with Crippen LogP contribution in [-0.4, -0.2) is 30.8 Å². The molecule has 1 aliphatic rings. The summed E-state index contributed by atoms with van der Waals surface area (Å²) in [5.41, 5.74) is 1.65. The zero-order valence-corrected chi connectivity index (χ0v) is 15.3. The topological polar surface area (TPSA) is 56.9 Å². The van der Waals surface area contributed by atoms with Crippen molar-refractivity contribution in [1.82, 2.24) is 5.16 Å². The highest BCUT2D eigenvalue weighted by Crippen LogP contribution is 2.34. The highest BCUT2D eigenvalue weighted by Gasteiger charge is 2.16. The van der Waals surface area contributed by atoms with E-state index in [2.05, 4.69) is 10.1 Å². The summed E-state index contributed by atoms with van der Waals surface area (Å²) in [6, 6.07) is 5.44. The molecule has 25 heavy (non-hydrogen) atoms. The van der Waals surface area contributed by atoms with E-state index in [-0.39, 0.29) is 0 Å². The Hall–Kier alpha value is -1.98. The number of hydrogen-bond acceptors (Lipinski definition) is 5. The summed E-state index contributed by atoms with van der Waals surface area (Å²) >= 11 is 12.5. The van der Waals surface area contributed by atoms with Gasteiger partial charge in [-0.3, -0.25) is 0 Å². The quantitative estimate of drug-likeness (QED) is 0.656. The Morgan fingerprint density at radius 3 is 2.64 bits per heavy atom. The Morgan fingerprint density at radius 1 is 1.20 bits per heavy atom. The molecule has 0 amide bonds. The van der Waals surface area contributed by atoms with Crippen molar-refractivity contribution in [2.45, 2.75) is 19.8 Å². The minimum atomic E-state index is 0.381. The van der Waals surface area contributed by atoms with Gasteiger partial charge < -0.3 is 14.0 Å². The molecule has 0 spiro atoms. The normalized spacial score (nSPS) is 14.0. The van der Waals surface area contributed by atoms with Crippen molar-refractivity contribution in [1.29, 1.82) is 0 Å². The third kappa shape index (κ3) is 4.77. The number of hydrogen-bond donors (Lipinski definition) is 0. The van der Waals surface area contributed by atoms with E-state index in [1.54, 1.807) is 12.1 Å². The zero-order valence-electron chi connectivity index (χ0n) is 13.8. The highest BCUT2D eigenvalue weighted by atomic mass is 35.5. The number of allylic oxidation sites excluding steroid dienone is 1. The Kier molecular flexibility index (Phi) is 6.00. The fourth-order valence-corrected chi connectivity index (χ4v) is 3.00. The van der Waals surface area contributed by atoms with Crippen molar-refractivity contribution in [3.8, 4) is 5.75 Å². The van der Waals surface area contributed by atoms with E-state index in [1.807, 2.05) is 25.1 Å². The molecular weight excluding hydrogens is 363 g/mol. The van der Waals surface area contributed by atoms with Crippen molar-refractivity contribution in [3.05, 3.63) is 57.4 Å². The molecule has 5 nitrogen and oxygen atoms in total. The molecule has 0 bridgehead atoms. The van der Waals surface area contributed by atoms with Crippen LogP contribution in [0.3, 0.4) is 0 Å². The van der Waals surface area contributed by atoms with Crippen molar-refractivity contribution in [2.24, 2.45) is 4.99 Å². The van der Waals surface area contributed by atoms with Gasteiger partial charge in [-0.25, -0.2) is 4.99 Å². The summed E-state index contributed by atoms with van der Waals surface area (Å²) in [7, 11) is 0. The Morgan fingerprint density at radius 2 is 2.00 bits per heavy atom. The zero-order chi connectivity index (χ0) is 17.6. The van der Waals surface area contributed by atoms with E-state index in [1.165, 1.54) is 0 Å². The van der Waals surface area contributed by atoms with Gasteiger partial charge >= 0.3 is 0 Å². The SMILES string of the molecule is Cc1cc(CC/C=C\COc2c(Cl)cc(C3=NCCO3)cc2Cl)on1. The predicted molar refractivity (Wildman–Crippen MR) is 98.0 cm³/mol. The molecule has 2 aromatic rings. The second-order valence-corrected chi connectivity index (χ2v) is 6.37. The molecule has 7 heteroatoms. The third-order valence-electron chi connectivity index (χ3n) is 3.56. The van der Waals surface area contributed by atoms with Crippen molar-refractivity contribution in [3.63, 3.8) is 0 Å². The van der Waals surface area contributed by atoms with Crippen molar-refractivity contribution >= 4 is 29.1 Å². The first-order chi connectivity index (χ1) is 12.1. The van der Waals surface area contributed by atoms with Crippen LogP contribution in [0.15, 0.2) is 39.9 Å². The lowest BCUT2D eigenvalue weighted by Crippen LogP contribution is -2.02. The van der Waals surface area contributed by atoms with E-state index < -0.39 is 0 Å². The van der Waals surface area contributed by atoms with Crippen LogP contribution in [0.5, 0.6) is 5.75 Å². The maximum atomic E-state index is 6.27. The minimum absolute atomic E-state index is 0.381. The van der Waals surface area contributed by atoms with Gasteiger partial charge in [0.25, 0.3) is 0 Å². The van der Waals surface area contributed by atoms with E-state index in [4.69, 9.17) is 37.2 Å². The average molecular weight is 381 g/mol. The summed E-state index contributed by atoms with van der Waals surface area (Å²) in [4.78, 5) is 4.25. The van der Waals surface area contributed by atoms with E-state index in [0.29, 0.717) is 41.5 Å². The molecule has 0 radical (unpaired) electrons. The molecule has 0 fully saturated rings. The molecule has 3 rings (SSSR count). The molecular formula is C18H18Cl2N2O3. The lowest BCUT2D eigenvalue weighted by atomic mass is 10.2. The van der Waals surface area contributed by atoms with Crippen LogP contribution in [-0.2, 0) is 11.2 Å². The molecule has 0 unspecified atom stereocenters. The Labute approximate surface area is 156 Å². The number of ether oxygens (including phenoxy) is 2. The number of nitrogens with zero attached hydrogens (tertiary/aromatic N) is 2. The van der Waals surface area contributed by atoms with Gasteiger partial charge in [-0.05, 0) is 25.5 Å². The molecule has 2 heterocycles. The lowest BCUT2D eigenvalue weighted by Gasteiger charge is -2.10. The molecule has 0 saturated heterocycles. The summed E-state index contributed by atoms with van der Waals surface area (Å²) in [6.07, 6.45) is 5.59. The summed E-state index contributed by atoms with van der Waals surface area (Å²) < 4.78 is 16.3. The number of aromatic nitrogens is 1. The van der Waals surface area contributed by atoms with Crippen LogP contribution in [0.2, 0.25) is 10.0 Å². The minimum Gasteiger partial charge on any atom is -0.486 e. The van der Waals surface area contributed by atoms with E-state index in [0.717, 1.165) is 29.9 Å². The van der Waals surface area contributed by atoms with E-state index in [9.17, 15) is 0 Å². The Bertz CT molecular complexity index is 776. The second kappa shape index (κ2) is 8.41. The molecule has 1 aromatic heterocycles. The van der Waals surface area contributed by atoms with Crippen LogP contribution in [0.1, 0.15) is 23.4 Å². The fraction of sp³-hybridized carbons (Fsp3) is 0.333. The Balaban J connectivity index is 1.51. The molecule has 0 aliphatic carbocycles. The maximum Gasteiger partial charge on any atom is 0.216 e. The standard InChI is InChI=1S/C18H18Cl2N2O3/c1-12-9-14(25-22-12)5-3-2-4-7-23-17-15(19)10-13(11-16(17)20)18-21-6-8-24-18/h2,4,9-11H,3,5-8H2,1H3/b4-2-. The van der Waals surface area contributed by atoms with Gasteiger partial charge in [0, 0.05) is 18.1 Å². The molecule has 1 aliphatic heterocycles. The largest absolute Gasteiger partial charge is 0.486 e. The van der Waals surface area contributed by atoms with Crippen molar-refractivity contribution in [2.75, 3.05) is 19.8 Å². The van der Waals surface area contributed by atoms with Crippen molar-refractivity contribution < 1.29 is 14.0 Å². The summed E-state index contributed by atoms with van der Waals surface area (Å²) in [6.45, 7) is 3.52. The number of halogens is 2. The fourth-order valence-electron chi connectivity index (χ4n) is 2.41. The third-order valence-corrected chi connectivity index (χ3v) is 4.12. The van der Waals surface area contributed by atoms with Gasteiger partial charge in [-0.15, -0.1) is 0 Å². The van der Waals surface area contributed by atoms with Crippen LogP contribution < -0.4 is 4.74 Å². The first kappa shape index (κ1) is 17.8. The van der Waals surface area contributed by atoms with Gasteiger partial charge in [-0.1, -0.05) is 40.5 Å². The van der Waals surface area contributed by atoms with E-state index >= 15 is 0 Å². The number of benzene rings is 1. The first-order valence-corrected chi connectivity index (χ1v) is 8.76. The number of aryl methyl sites for hydroxylation is 2. The maximum absolute atomic E-state index is 6.27. The van der Waals surface area contributed by atoms with Crippen LogP contribution in [0.25, 0.3) is 0 Å². The smallest absolute Gasteiger partial charge is 0.216 e. The van der Waals surface area contributed by atoms with Gasteiger partial charge in [-0.2, -0.15) is 0 Å². The van der Waals surface area contributed by atoms with Gasteiger partial charge in [0.1, 0.15) is 19.0 Å².